The number of pyridine rings is 1. The molecule has 0 bridgehead atoms. The molecule has 12 nitrogen and oxygen atoms in total. The standard InChI is InChI=1S/C38H48N6O6/c1-38(2,3)50-37(47)40-19-23-43-26-24-42(25-27-43)20-7-10-34(45)44-21-17-28(18-22-44)33-16-15-32(35(39)46)36(41-33)49-31-13-11-30(12-14-31)48-29-8-5-4-6-9-29/h4-16,28H,17-27H2,1-3H3,(H2,39,46)(H,40,47)/b10-7+. The molecule has 0 atom stereocenters. The smallest absolute Gasteiger partial charge is 0.407 e. The average Bonchev–Trinajstić information content (AvgIpc) is 3.09. The normalized spacial score (nSPS) is 16.3. The Bertz CT molecular complexity index is 1610. The summed E-state index contributed by atoms with van der Waals surface area (Å²) in [5, 5.41) is 2.81. The molecule has 12 heteroatoms. The van der Waals surface area contributed by atoms with E-state index in [-0.39, 0.29) is 23.3 Å². The molecule has 2 aliphatic heterocycles. The van der Waals surface area contributed by atoms with Gasteiger partial charge < -0.3 is 30.2 Å². The molecule has 2 aliphatic rings. The predicted octanol–water partition coefficient (Wildman–Crippen LogP) is 5.17. The minimum atomic E-state index is -0.621. The zero-order valence-electron chi connectivity index (χ0n) is 29.2. The van der Waals surface area contributed by atoms with E-state index in [0.717, 1.165) is 57.0 Å². The summed E-state index contributed by atoms with van der Waals surface area (Å²) in [6.07, 6.45) is 4.73. The lowest BCUT2D eigenvalue weighted by Crippen LogP contribution is -2.48. The molecule has 1 aromatic heterocycles. The van der Waals surface area contributed by atoms with Crippen LogP contribution in [0, 0.1) is 0 Å². The summed E-state index contributed by atoms with van der Waals surface area (Å²) in [7, 11) is 0. The van der Waals surface area contributed by atoms with E-state index in [1.807, 2.05) is 68.1 Å². The second-order valence-electron chi connectivity index (χ2n) is 13.5. The maximum atomic E-state index is 13.0. The highest BCUT2D eigenvalue weighted by molar-refractivity contribution is 5.95. The summed E-state index contributed by atoms with van der Waals surface area (Å²) < 4.78 is 17.2. The largest absolute Gasteiger partial charge is 0.457 e. The fourth-order valence-electron chi connectivity index (χ4n) is 5.89. The van der Waals surface area contributed by atoms with Crippen LogP contribution in [0.1, 0.15) is 55.6 Å². The van der Waals surface area contributed by atoms with E-state index >= 15 is 0 Å². The van der Waals surface area contributed by atoms with Gasteiger partial charge in [-0.2, -0.15) is 0 Å². The van der Waals surface area contributed by atoms with Crippen LogP contribution in [-0.4, -0.2) is 102 Å². The van der Waals surface area contributed by atoms with Gasteiger partial charge in [0.05, 0.1) is 0 Å². The van der Waals surface area contributed by atoms with Gasteiger partial charge >= 0.3 is 6.09 Å². The first kappa shape index (κ1) is 36.3. The number of nitrogens with zero attached hydrogens (tertiary/aromatic N) is 4. The number of para-hydroxylation sites is 1. The van der Waals surface area contributed by atoms with E-state index in [1.165, 1.54) is 0 Å². The van der Waals surface area contributed by atoms with Gasteiger partial charge in [-0.05, 0) is 82.1 Å². The first-order chi connectivity index (χ1) is 24.0. The van der Waals surface area contributed by atoms with Crippen LogP contribution < -0.4 is 20.5 Å². The second-order valence-corrected chi connectivity index (χ2v) is 13.5. The highest BCUT2D eigenvalue weighted by atomic mass is 16.6. The molecule has 0 saturated carbocycles. The number of ether oxygens (including phenoxy) is 3. The van der Waals surface area contributed by atoms with Gasteiger partial charge in [0.1, 0.15) is 28.4 Å². The van der Waals surface area contributed by atoms with Gasteiger partial charge in [0.25, 0.3) is 5.91 Å². The highest BCUT2D eigenvalue weighted by Crippen LogP contribution is 2.32. The number of carbonyl (C=O) groups is 3. The third-order valence-corrected chi connectivity index (χ3v) is 8.57. The number of aromatic nitrogens is 1. The molecule has 3 amide bonds. The van der Waals surface area contributed by atoms with E-state index in [9.17, 15) is 14.4 Å². The van der Waals surface area contributed by atoms with Crippen molar-refractivity contribution in [3.63, 3.8) is 0 Å². The van der Waals surface area contributed by atoms with Gasteiger partial charge in [0, 0.05) is 76.6 Å². The number of piperazine rings is 1. The molecule has 3 N–H and O–H groups in total. The van der Waals surface area contributed by atoms with Crippen LogP contribution in [0.15, 0.2) is 78.9 Å². The molecule has 0 unspecified atom stereocenters. The van der Waals surface area contributed by atoms with Crippen LogP contribution >= 0.6 is 0 Å². The van der Waals surface area contributed by atoms with Crippen molar-refractivity contribution in [2.75, 3.05) is 58.9 Å². The van der Waals surface area contributed by atoms with Gasteiger partial charge in [-0.15, -0.1) is 0 Å². The van der Waals surface area contributed by atoms with Gasteiger partial charge in [0.2, 0.25) is 11.8 Å². The van der Waals surface area contributed by atoms with Crippen LogP contribution in [0.2, 0.25) is 0 Å². The van der Waals surface area contributed by atoms with Crippen molar-refractivity contribution in [2.24, 2.45) is 5.73 Å². The number of carbonyl (C=O) groups excluding carboxylic acids is 3. The molecule has 3 heterocycles. The van der Waals surface area contributed by atoms with Crippen LogP contribution in [0.5, 0.6) is 23.1 Å². The van der Waals surface area contributed by atoms with Gasteiger partial charge in [-0.1, -0.05) is 24.3 Å². The third kappa shape index (κ3) is 11.0. The van der Waals surface area contributed by atoms with Gasteiger partial charge in [-0.25, -0.2) is 9.78 Å². The number of primary amides is 1. The van der Waals surface area contributed by atoms with Crippen molar-refractivity contribution in [1.29, 1.82) is 0 Å². The summed E-state index contributed by atoms with van der Waals surface area (Å²) in [5.41, 5.74) is 6.14. The van der Waals surface area contributed by atoms with E-state index < -0.39 is 17.6 Å². The lowest BCUT2D eigenvalue weighted by Gasteiger charge is -2.34. The van der Waals surface area contributed by atoms with E-state index in [1.54, 1.807) is 36.4 Å². The molecule has 2 aromatic carbocycles. The molecule has 2 saturated heterocycles. The minimum Gasteiger partial charge on any atom is -0.457 e. The molecule has 0 radical (unpaired) electrons. The predicted molar refractivity (Wildman–Crippen MR) is 191 cm³/mol. The van der Waals surface area contributed by atoms with E-state index in [4.69, 9.17) is 24.9 Å². The van der Waals surface area contributed by atoms with Crippen molar-refractivity contribution in [1.82, 2.24) is 25.0 Å². The topological polar surface area (TPSA) is 140 Å². The number of amides is 3. The van der Waals surface area contributed by atoms with Crippen molar-refractivity contribution in [3.05, 3.63) is 90.1 Å². The van der Waals surface area contributed by atoms with Crippen LogP contribution in [-0.2, 0) is 9.53 Å². The fourth-order valence-corrected chi connectivity index (χ4v) is 5.89. The maximum Gasteiger partial charge on any atom is 0.407 e. The molecular formula is C38H48N6O6. The molecule has 5 rings (SSSR count). The van der Waals surface area contributed by atoms with Gasteiger partial charge in [0.15, 0.2) is 0 Å². The summed E-state index contributed by atoms with van der Waals surface area (Å²) in [4.78, 5) is 48.2. The SMILES string of the molecule is CC(C)(C)OC(=O)NCCN1CCN(C/C=C/C(=O)N2CCC(c3ccc(C(N)=O)c(Oc4ccc(Oc5ccccc5)cc4)n3)CC2)CC1. The molecule has 266 valence electrons. The Hall–Kier alpha value is -4.94. The minimum absolute atomic E-state index is 0.0102. The Morgan fingerprint density at radius 3 is 2.10 bits per heavy atom. The monoisotopic (exact) mass is 684 g/mol. The summed E-state index contributed by atoms with van der Waals surface area (Å²) >= 11 is 0. The Morgan fingerprint density at radius 2 is 1.46 bits per heavy atom. The van der Waals surface area contributed by atoms with Crippen molar-refractivity contribution >= 4 is 17.9 Å². The molecular weight excluding hydrogens is 636 g/mol. The van der Waals surface area contributed by atoms with Crippen LogP contribution in [0.4, 0.5) is 4.79 Å². The summed E-state index contributed by atoms with van der Waals surface area (Å²) in [5.74, 6) is 1.54. The summed E-state index contributed by atoms with van der Waals surface area (Å²) in [6, 6.07) is 20.0. The van der Waals surface area contributed by atoms with Crippen molar-refractivity contribution in [2.45, 2.75) is 45.1 Å². The zero-order chi connectivity index (χ0) is 35.5. The lowest BCUT2D eigenvalue weighted by atomic mass is 9.92. The molecule has 0 aliphatic carbocycles. The number of nitrogens with one attached hydrogen (secondary N) is 1. The number of piperidine rings is 1. The Balaban J connectivity index is 1.05. The highest BCUT2D eigenvalue weighted by Gasteiger charge is 2.26. The quantitative estimate of drug-likeness (QED) is 0.248. The number of nitrogens with two attached hydrogens (primary N) is 1. The lowest BCUT2D eigenvalue weighted by molar-refractivity contribution is -0.127. The Labute approximate surface area is 294 Å². The van der Waals surface area contributed by atoms with E-state index in [2.05, 4.69) is 15.1 Å². The number of hydrogen-bond acceptors (Lipinski definition) is 9. The van der Waals surface area contributed by atoms with E-state index in [0.29, 0.717) is 37.7 Å². The van der Waals surface area contributed by atoms with Crippen LogP contribution in [0.25, 0.3) is 0 Å². The molecule has 3 aromatic rings. The number of rotatable bonds is 12. The average molecular weight is 685 g/mol. The zero-order valence-corrected chi connectivity index (χ0v) is 29.2. The number of alkyl carbamates (subject to hydrolysis) is 1. The summed E-state index contributed by atoms with van der Waals surface area (Å²) in [6.45, 7) is 12.4. The molecule has 0 spiro atoms. The fraction of sp³-hybridized carbons (Fsp3) is 0.421. The maximum absolute atomic E-state index is 13.0. The number of benzene rings is 2. The first-order valence-electron chi connectivity index (χ1n) is 17.2. The Kier molecular flexibility index (Phi) is 12.5. The number of likely N-dealkylation sites (tertiary alicyclic amines) is 1. The second kappa shape index (κ2) is 17.1. The van der Waals surface area contributed by atoms with Crippen LogP contribution in [0.3, 0.4) is 0 Å². The molecule has 2 fully saturated rings. The van der Waals surface area contributed by atoms with Gasteiger partial charge in [-0.3, -0.25) is 19.4 Å². The Morgan fingerprint density at radius 1 is 0.840 bits per heavy atom. The van der Waals surface area contributed by atoms with Crippen molar-refractivity contribution < 1.29 is 28.6 Å². The number of hydrogen-bond donors (Lipinski definition) is 2. The molecule has 50 heavy (non-hydrogen) atoms. The first-order valence-corrected chi connectivity index (χ1v) is 17.2. The van der Waals surface area contributed by atoms with Crippen molar-refractivity contribution in [3.8, 4) is 23.1 Å². The third-order valence-electron chi connectivity index (χ3n) is 8.57.